The second kappa shape index (κ2) is 7.38. The molecule has 2 atom stereocenters. The number of alkyl carbamates (subject to hydrolysis) is 1. The highest BCUT2D eigenvalue weighted by atomic mass is 16.5. The van der Waals surface area contributed by atoms with Gasteiger partial charge in [0.05, 0.1) is 18.6 Å². The first-order valence-corrected chi connectivity index (χ1v) is 5.86. The molecule has 3 N–H and O–H groups in total. The first kappa shape index (κ1) is 15.0. The zero-order valence-corrected chi connectivity index (χ0v) is 10.6. The summed E-state index contributed by atoms with van der Waals surface area (Å²) in [6.07, 6.45) is -2.09. The Morgan fingerprint density at radius 3 is 2.47 bits per heavy atom. The van der Waals surface area contributed by atoms with Crippen molar-refractivity contribution in [3.8, 4) is 0 Å². The Balaban J connectivity index is 2.42. The van der Waals surface area contributed by atoms with Gasteiger partial charge in [0.2, 0.25) is 0 Å². The van der Waals surface area contributed by atoms with Gasteiger partial charge < -0.3 is 20.3 Å². The van der Waals surface area contributed by atoms with E-state index in [4.69, 9.17) is 9.84 Å². The molecule has 1 aromatic carbocycles. The summed E-state index contributed by atoms with van der Waals surface area (Å²) in [5.74, 6) is -1.10. The van der Waals surface area contributed by atoms with Gasteiger partial charge in [-0.25, -0.2) is 4.79 Å². The molecule has 104 valence electrons. The van der Waals surface area contributed by atoms with Crippen LogP contribution in [0.3, 0.4) is 0 Å². The number of aliphatic hydroxyl groups excluding tert-OH is 1. The highest BCUT2D eigenvalue weighted by molar-refractivity contribution is 5.71. The number of aliphatic carboxylic acids is 1. The number of nitrogens with one attached hydrogen (secondary N) is 1. The second-order valence-corrected chi connectivity index (χ2v) is 4.15. The molecule has 0 fully saturated rings. The van der Waals surface area contributed by atoms with Crippen LogP contribution in [0.4, 0.5) is 4.79 Å². The minimum atomic E-state index is -1.10. The lowest BCUT2D eigenvalue weighted by molar-refractivity contribution is -0.138. The maximum absolute atomic E-state index is 11.5. The van der Waals surface area contributed by atoms with Gasteiger partial charge in [0.25, 0.3) is 0 Å². The van der Waals surface area contributed by atoms with E-state index in [1.165, 1.54) is 6.92 Å². The Hall–Kier alpha value is -2.08. The fourth-order valence-corrected chi connectivity index (χ4v) is 1.45. The summed E-state index contributed by atoms with van der Waals surface area (Å²) in [4.78, 5) is 22.0. The lowest BCUT2D eigenvalue weighted by atomic mass is 10.1. The number of rotatable bonds is 6. The van der Waals surface area contributed by atoms with Crippen molar-refractivity contribution in [3.05, 3.63) is 35.9 Å². The Kier molecular flexibility index (Phi) is 5.81. The molecule has 1 rings (SSSR count). The van der Waals surface area contributed by atoms with Crippen molar-refractivity contribution in [3.63, 3.8) is 0 Å². The van der Waals surface area contributed by atoms with Gasteiger partial charge in [-0.05, 0) is 12.5 Å². The number of carbonyl (C=O) groups excluding carboxylic acids is 1. The number of aliphatic hydroxyl groups is 1. The molecular weight excluding hydrogens is 250 g/mol. The standard InChI is InChI=1S/C13H17NO5/c1-9(15)11(7-12(16)17)14-13(18)19-8-10-5-3-2-4-6-10/h2-6,9,11,15H,7-8H2,1H3,(H,14,18)(H,16,17)/t9-,11-/m0/s1. The second-order valence-electron chi connectivity index (χ2n) is 4.15. The molecule has 0 aliphatic rings. The first-order valence-electron chi connectivity index (χ1n) is 5.86. The van der Waals surface area contributed by atoms with Crippen molar-refractivity contribution < 1.29 is 24.5 Å². The van der Waals surface area contributed by atoms with Gasteiger partial charge in [-0.2, -0.15) is 0 Å². The molecule has 0 aromatic heterocycles. The molecule has 0 bridgehead atoms. The summed E-state index contributed by atoms with van der Waals surface area (Å²) in [6, 6.07) is 8.22. The molecule has 1 aromatic rings. The van der Waals surface area contributed by atoms with Gasteiger partial charge in [-0.3, -0.25) is 4.79 Å². The lowest BCUT2D eigenvalue weighted by Crippen LogP contribution is -2.43. The maximum Gasteiger partial charge on any atom is 0.407 e. The molecule has 0 unspecified atom stereocenters. The third kappa shape index (κ3) is 5.87. The molecule has 0 saturated heterocycles. The number of ether oxygens (including phenoxy) is 1. The van der Waals surface area contributed by atoms with Crippen molar-refractivity contribution in [2.75, 3.05) is 0 Å². The van der Waals surface area contributed by atoms with E-state index in [1.54, 1.807) is 12.1 Å². The zero-order chi connectivity index (χ0) is 14.3. The number of carboxylic acids is 1. The normalized spacial score (nSPS) is 13.4. The van der Waals surface area contributed by atoms with Crippen molar-refractivity contribution >= 4 is 12.1 Å². The summed E-state index contributed by atoms with van der Waals surface area (Å²) >= 11 is 0. The van der Waals surface area contributed by atoms with Crippen molar-refractivity contribution in [1.29, 1.82) is 0 Å². The first-order chi connectivity index (χ1) is 8.99. The van der Waals surface area contributed by atoms with Gasteiger partial charge >= 0.3 is 12.1 Å². The third-order valence-corrected chi connectivity index (χ3v) is 2.49. The molecule has 0 spiro atoms. The number of hydrogen-bond acceptors (Lipinski definition) is 4. The molecule has 19 heavy (non-hydrogen) atoms. The predicted octanol–water partition coefficient (Wildman–Crippen LogP) is 1.14. The summed E-state index contributed by atoms with van der Waals surface area (Å²) < 4.78 is 4.94. The Morgan fingerprint density at radius 1 is 1.32 bits per heavy atom. The summed E-state index contributed by atoms with van der Waals surface area (Å²) in [6.45, 7) is 1.50. The summed E-state index contributed by atoms with van der Waals surface area (Å²) in [5.41, 5.74) is 0.824. The van der Waals surface area contributed by atoms with Gasteiger partial charge in [0.15, 0.2) is 0 Å². The zero-order valence-electron chi connectivity index (χ0n) is 10.6. The minimum absolute atomic E-state index is 0.0896. The maximum atomic E-state index is 11.5. The van der Waals surface area contributed by atoms with Crippen molar-refractivity contribution in [1.82, 2.24) is 5.32 Å². The fraction of sp³-hybridized carbons (Fsp3) is 0.385. The Morgan fingerprint density at radius 2 is 1.95 bits per heavy atom. The number of carbonyl (C=O) groups is 2. The van der Waals surface area contributed by atoms with Crippen LogP contribution < -0.4 is 5.32 Å². The van der Waals surface area contributed by atoms with E-state index in [0.717, 1.165) is 5.56 Å². The van der Waals surface area contributed by atoms with Gasteiger partial charge in [-0.1, -0.05) is 30.3 Å². The van der Waals surface area contributed by atoms with E-state index < -0.39 is 24.2 Å². The SMILES string of the molecule is C[C@H](O)[C@H](CC(=O)O)NC(=O)OCc1ccccc1. The smallest absolute Gasteiger partial charge is 0.407 e. The average Bonchev–Trinajstić information content (AvgIpc) is 2.36. The van der Waals surface area contributed by atoms with Crippen molar-refractivity contribution in [2.45, 2.75) is 32.1 Å². The van der Waals surface area contributed by atoms with E-state index in [-0.39, 0.29) is 13.0 Å². The topological polar surface area (TPSA) is 95.9 Å². The van der Waals surface area contributed by atoms with Crippen LogP contribution in [0.1, 0.15) is 18.9 Å². The Labute approximate surface area is 111 Å². The minimum Gasteiger partial charge on any atom is -0.481 e. The quantitative estimate of drug-likeness (QED) is 0.718. The molecule has 0 saturated carbocycles. The van der Waals surface area contributed by atoms with E-state index in [9.17, 15) is 14.7 Å². The van der Waals surface area contributed by atoms with E-state index in [0.29, 0.717) is 0 Å². The molecule has 0 aliphatic carbocycles. The van der Waals surface area contributed by atoms with Crippen LogP contribution in [0.5, 0.6) is 0 Å². The number of carboxylic acid groups (broad SMARTS) is 1. The van der Waals surface area contributed by atoms with Crippen LogP contribution in [0.2, 0.25) is 0 Å². The van der Waals surface area contributed by atoms with Crippen LogP contribution in [-0.2, 0) is 16.1 Å². The summed E-state index contributed by atoms with van der Waals surface area (Å²) in [5, 5.41) is 20.3. The predicted molar refractivity (Wildman–Crippen MR) is 67.5 cm³/mol. The number of benzene rings is 1. The number of hydrogen-bond donors (Lipinski definition) is 3. The van der Waals surface area contributed by atoms with E-state index in [2.05, 4.69) is 5.32 Å². The van der Waals surface area contributed by atoms with E-state index in [1.807, 2.05) is 18.2 Å². The van der Waals surface area contributed by atoms with Crippen LogP contribution in [0.25, 0.3) is 0 Å². The highest BCUT2D eigenvalue weighted by Crippen LogP contribution is 2.03. The van der Waals surface area contributed by atoms with Gasteiger partial charge in [0, 0.05) is 0 Å². The Bertz CT molecular complexity index is 418. The van der Waals surface area contributed by atoms with Crippen LogP contribution in [0.15, 0.2) is 30.3 Å². The third-order valence-electron chi connectivity index (χ3n) is 2.49. The van der Waals surface area contributed by atoms with E-state index >= 15 is 0 Å². The van der Waals surface area contributed by atoms with Gasteiger partial charge in [0.1, 0.15) is 6.61 Å². The molecule has 1 amide bonds. The monoisotopic (exact) mass is 267 g/mol. The van der Waals surface area contributed by atoms with Crippen molar-refractivity contribution in [2.24, 2.45) is 0 Å². The molecule has 6 heteroatoms. The average molecular weight is 267 g/mol. The van der Waals surface area contributed by atoms with Gasteiger partial charge in [-0.15, -0.1) is 0 Å². The van der Waals surface area contributed by atoms with Crippen LogP contribution in [0, 0.1) is 0 Å². The molecule has 0 radical (unpaired) electrons. The van der Waals surface area contributed by atoms with Crippen LogP contribution in [-0.4, -0.2) is 34.4 Å². The lowest BCUT2D eigenvalue weighted by Gasteiger charge is -2.19. The molecular formula is C13H17NO5. The fourth-order valence-electron chi connectivity index (χ4n) is 1.45. The highest BCUT2D eigenvalue weighted by Gasteiger charge is 2.21. The summed E-state index contributed by atoms with van der Waals surface area (Å²) in [7, 11) is 0. The molecule has 0 aliphatic heterocycles. The molecule has 6 nitrogen and oxygen atoms in total. The largest absolute Gasteiger partial charge is 0.481 e. The molecule has 0 heterocycles. The number of amides is 1. The van der Waals surface area contributed by atoms with Crippen LogP contribution >= 0.6 is 0 Å².